The Kier molecular flexibility index (Phi) is 5.50. The van der Waals surface area contributed by atoms with Crippen LogP contribution in [0, 0.1) is 23.7 Å². The molecule has 0 spiro atoms. The third-order valence-electron chi connectivity index (χ3n) is 5.42. The maximum Gasteiger partial charge on any atom is 0.00683 e. The Labute approximate surface area is 120 Å². The first-order valence-electron chi connectivity index (χ1n) is 8.50. The van der Waals surface area contributed by atoms with E-state index < -0.39 is 0 Å². The molecular formula is C18H33N. The summed E-state index contributed by atoms with van der Waals surface area (Å²) in [6, 6.07) is 0.859. The van der Waals surface area contributed by atoms with Crippen LogP contribution in [0.1, 0.15) is 65.7 Å². The van der Waals surface area contributed by atoms with E-state index in [9.17, 15) is 0 Å². The molecule has 3 atom stereocenters. The van der Waals surface area contributed by atoms with Crippen molar-refractivity contribution >= 4 is 0 Å². The van der Waals surface area contributed by atoms with Gasteiger partial charge in [-0.3, -0.25) is 0 Å². The summed E-state index contributed by atoms with van der Waals surface area (Å²) in [5.41, 5.74) is 1.46. The van der Waals surface area contributed by atoms with Crippen LogP contribution in [0.4, 0.5) is 0 Å². The lowest BCUT2D eigenvalue weighted by Crippen LogP contribution is -2.35. The first kappa shape index (κ1) is 15.1. The molecule has 0 heterocycles. The van der Waals surface area contributed by atoms with E-state index in [0.29, 0.717) is 0 Å². The molecule has 110 valence electrons. The van der Waals surface area contributed by atoms with Gasteiger partial charge in [0.15, 0.2) is 0 Å². The fourth-order valence-corrected chi connectivity index (χ4v) is 3.61. The fraction of sp³-hybridized carbons (Fsp3) is 0.889. The van der Waals surface area contributed by atoms with Gasteiger partial charge in [-0.15, -0.1) is 0 Å². The lowest BCUT2D eigenvalue weighted by atomic mass is 9.68. The lowest BCUT2D eigenvalue weighted by Gasteiger charge is -2.38. The van der Waals surface area contributed by atoms with Crippen molar-refractivity contribution in [2.75, 3.05) is 6.54 Å². The van der Waals surface area contributed by atoms with Gasteiger partial charge < -0.3 is 5.32 Å². The Morgan fingerprint density at radius 3 is 2.47 bits per heavy atom. The molecule has 2 aliphatic carbocycles. The highest BCUT2D eigenvalue weighted by Crippen LogP contribution is 2.40. The van der Waals surface area contributed by atoms with Crippen molar-refractivity contribution in [3.63, 3.8) is 0 Å². The topological polar surface area (TPSA) is 12.0 Å². The molecule has 19 heavy (non-hydrogen) atoms. The van der Waals surface area contributed by atoms with Crippen molar-refractivity contribution in [2.24, 2.45) is 23.7 Å². The van der Waals surface area contributed by atoms with Crippen LogP contribution in [0.2, 0.25) is 0 Å². The molecule has 0 radical (unpaired) electrons. The SMILES string of the molecule is C=C(CC)CC1CC(C(C)C)CCC1CNC1CC1. The molecule has 1 N–H and O–H groups in total. The Hall–Kier alpha value is -0.300. The summed E-state index contributed by atoms with van der Waals surface area (Å²) in [5, 5.41) is 3.76. The molecule has 2 fully saturated rings. The van der Waals surface area contributed by atoms with Crippen LogP contribution in [-0.2, 0) is 0 Å². The van der Waals surface area contributed by atoms with Gasteiger partial charge in [-0.25, -0.2) is 0 Å². The van der Waals surface area contributed by atoms with Crippen LogP contribution in [-0.4, -0.2) is 12.6 Å². The number of hydrogen-bond acceptors (Lipinski definition) is 1. The van der Waals surface area contributed by atoms with Gasteiger partial charge in [-0.1, -0.05) is 32.9 Å². The molecule has 0 saturated heterocycles. The monoisotopic (exact) mass is 263 g/mol. The van der Waals surface area contributed by atoms with Crippen LogP contribution in [0.5, 0.6) is 0 Å². The second kappa shape index (κ2) is 6.92. The van der Waals surface area contributed by atoms with Gasteiger partial charge in [0, 0.05) is 6.04 Å². The van der Waals surface area contributed by atoms with E-state index in [4.69, 9.17) is 0 Å². The maximum absolute atomic E-state index is 4.26. The van der Waals surface area contributed by atoms with Gasteiger partial charge in [-0.2, -0.15) is 0 Å². The van der Waals surface area contributed by atoms with Crippen LogP contribution < -0.4 is 5.32 Å². The van der Waals surface area contributed by atoms with Crippen molar-refractivity contribution < 1.29 is 0 Å². The van der Waals surface area contributed by atoms with E-state index >= 15 is 0 Å². The molecule has 1 nitrogen and oxygen atoms in total. The molecule has 3 unspecified atom stereocenters. The second-order valence-corrected chi connectivity index (χ2v) is 7.33. The maximum atomic E-state index is 4.26. The van der Waals surface area contributed by atoms with Gasteiger partial charge in [0.05, 0.1) is 0 Å². The highest BCUT2D eigenvalue weighted by molar-refractivity contribution is 4.98. The third kappa shape index (κ3) is 4.63. The average Bonchev–Trinajstić information content (AvgIpc) is 3.20. The number of rotatable bonds is 7. The molecule has 1 heteroatoms. The number of allylic oxidation sites excluding steroid dienone is 1. The summed E-state index contributed by atoms with van der Waals surface area (Å²) < 4.78 is 0. The quantitative estimate of drug-likeness (QED) is 0.652. The Morgan fingerprint density at radius 2 is 1.89 bits per heavy atom. The normalized spacial score (nSPS) is 31.7. The predicted octanol–water partition coefficient (Wildman–Crippen LogP) is 4.78. The van der Waals surface area contributed by atoms with E-state index in [0.717, 1.165) is 36.1 Å². The summed E-state index contributed by atoms with van der Waals surface area (Å²) >= 11 is 0. The zero-order valence-electron chi connectivity index (χ0n) is 13.3. The van der Waals surface area contributed by atoms with Gasteiger partial charge >= 0.3 is 0 Å². The van der Waals surface area contributed by atoms with Crippen LogP contribution >= 0.6 is 0 Å². The van der Waals surface area contributed by atoms with Gasteiger partial charge in [0.2, 0.25) is 0 Å². The van der Waals surface area contributed by atoms with E-state index in [1.54, 1.807) is 0 Å². The highest BCUT2D eigenvalue weighted by Gasteiger charge is 2.32. The third-order valence-corrected chi connectivity index (χ3v) is 5.42. The highest BCUT2D eigenvalue weighted by atomic mass is 14.9. The Morgan fingerprint density at radius 1 is 1.16 bits per heavy atom. The van der Waals surface area contributed by atoms with Gasteiger partial charge in [0.25, 0.3) is 0 Å². The van der Waals surface area contributed by atoms with Crippen molar-refractivity contribution in [3.8, 4) is 0 Å². The first-order chi connectivity index (χ1) is 9.10. The van der Waals surface area contributed by atoms with E-state index in [1.807, 2.05) is 0 Å². The molecular weight excluding hydrogens is 230 g/mol. The predicted molar refractivity (Wildman–Crippen MR) is 84.2 cm³/mol. The summed E-state index contributed by atoms with van der Waals surface area (Å²) in [5.74, 6) is 3.60. The molecule has 2 aliphatic rings. The van der Waals surface area contributed by atoms with Crippen LogP contribution in [0.3, 0.4) is 0 Å². The molecule has 2 rings (SSSR count). The minimum absolute atomic E-state index is 0.856. The fourth-order valence-electron chi connectivity index (χ4n) is 3.61. The van der Waals surface area contributed by atoms with Crippen molar-refractivity contribution in [1.82, 2.24) is 5.32 Å². The standard InChI is InChI=1S/C18H33N/c1-5-14(4)10-17-11-15(13(2)3)6-7-16(17)12-19-18-8-9-18/h13,15-19H,4-12H2,1-3H3. The largest absolute Gasteiger partial charge is 0.314 e. The van der Waals surface area contributed by atoms with Crippen LogP contribution in [0.25, 0.3) is 0 Å². The zero-order valence-corrected chi connectivity index (χ0v) is 13.3. The minimum atomic E-state index is 0.856. The summed E-state index contributed by atoms with van der Waals surface area (Å²) in [6.07, 6.45) is 9.57. The van der Waals surface area contributed by atoms with E-state index in [1.165, 1.54) is 50.6 Å². The minimum Gasteiger partial charge on any atom is -0.314 e. The molecule has 0 amide bonds. The molecule has 0 aromatic rings. The molecule has 0 aliphatic heterocycles. The van der Waals surface area contributed by atoms with E-state index in [2.05, 4.69) is 32.7 Å². The summed E-state index contributed by atoms with van der Waals surface area (Å²) in [6.45, 7) is 12.6. The van der Waals surface area contributed by atoms with Gasteiger partial charge in [0.1, 0.15) is 0 Å². The Bertz CT molecular complexity index is 290. The number of hydrogen-bond donors (Lipinski definition) is 1. The average molecular weight is 263 g/mol. The van der Waals surface area contributed by atoms with Crippen molar-refractivity contribution in [3.05, 3.63) is 12.2 Å². The summed E-state index contributed by atoms with van der Waals surface area (Å²) in [7, 11) is 0. The van der Waals surface area contributed by atoms with Crippen LogP contribution in [0.15, 0.2) is 12.2 Å². The lowest BCUT2D eigenvalue weighted by molar-refractivity contribution is 0.144. The van der Waals surface area contributed by atoms with Crippen molar-refractivity contribution in [1.29, 1.82) is 0 Å². The molecule has 0 aromatic heterocycles. The Balaban J connectivity index is 1.88. The summed E-state index contributed by atoms with van der Waals surface area (Å²) in [4.78, 5) is 0. The first-order valence-corrected chi connectivity index (χ1v) is 8.50. The van der Waals surface area contributed by atoms with E-state index in [-0.39, 0.29) is 0 Å². The molecule has 0 aromatic carbocycles. The van der Waals surface area contributed by atoms with Gasteiger partial charge in [-0.05, 0) is 75.2 Å². The zero-order chi connectivity index (χ0) is 13.8. The molecule has 0 bridgehead atoms. The van der Waals surface area contributed by atoms with Crippen molar-refractivity contribution in [2.45, 2.75) is 71.8 Å². The number of nitrogens with one attached hydrogen (secondary N) is 1. The molecule has 2 saturated carbocycles. The smallest absolute Gasteiger partial charge is 0.00683 e. The second-order valence-electron chi connectivity index (χ2n) is 7.33.